The van der Waals surface area contributed by atoms with Crippen molar-refractivity contribution >= 4 is 0 Å². The predicted molar refractivity (Wildman–Crippen MR) is 206 cm³/mol. The molecule has 0 aliphatic carbocycles. The third kappa shape index (κ3) is 36.7. The Morgan fingerprint density at radius 3 is 0.652 bits per heavy atom. The lowest BCUT2D eigenvalue weighted by Crippen LogP contribution is -2.37. The smallest absolute Gasteiger partial charge is 0.0431 e. The Morgan fingerprint density at radius 1 is 0.239 bits per heavy atom. The van der Waals surface area contributed by atoms with Gasteiger partial charge >= 0.3 is 0 Å². The molecule has 0 rings (SSSR count). The number of aliphatic hydroxyl groups is 2. The van der Waals surface area contributed by atoms with Crippen molar-refractivity contribution in [3.63, 3.8) is 0 Å². The molecule has 4 heteroatoms. The van der Waals surface area contributed by atoms with E-state index in [1.54, 1.807) is 0 Å². The molecule has 2 N–H and O–H groups in total. The molecule has 278 valence electrons. The third-order valence-corrected chi connectivity index (χ3v) is 10.2. The molecule has 0 radical (unpaired) electrons. The SMILES string of the molecule is CCCCN(CCCCCCCCCCCCCCCCO)CCN(CCCC)CCCCCCCCCCCCCCCCO. The first-order chi connectivity index (χ1) is 22.8. The van der Waals surface area contributed by atoms with E-state index in [1.807, 2.05) is 0 Å². The van der Waals surface area contributed by atoms with E-state index in [0.29, 0.717) is 13.2 Å². The normalized spacial score (nSPS) is 11.9. The largest absolute Gasteiger partial charge is 0.396 e. The van der Waals surface area contributed by atoms with Gasteiger partial charge in [-0.05, 0) is 64.7 Å². The lowest BCUT2D eigenvalue weighted by molar-refractivity contribution is 0.194. The van der Waals surface area contributed by atoms with Crippen LogP contribution in [0.4, 0.5) is 0 Å². The van der Waals surface area contributed by atoms with Crippen LogP contribution in [0.25, 0.3) is 0 Å². The monoisotopic (exact) mass is 653 g/mol. The number of hydrogen-bond acceptors (Lipinski definition) is 4. The Bertz CT molecular complexity index is 486. The molecule has 0 heterocycles. The van der Waals surface area contributed by atoms with Crippen LogP contribution in [-0.2, 0) is 0 Å². The Kier molecular flexibility index (Phi) is 40.9. The second kappa shape index (κ2) is 41.0. The van der Waals surface area contributed by atoms with Crippen LogP contribution >= 0.6 is 0 Å². The van der Waals surface area contributed by atoms with Crippen molar-refractivity contribution < 1.29 is 10.2 Å². The Balaban J connectivity index is 3.87. The minimum absolute atomic E-state index is 0.367. The highest BCUT2D eigenvalue weighted by atomic mass is 16.3. The molecular weight excluding hydrogens is 564 g/mol. The fourth-order valence-corrected chi connectivity index (χ4v) is 6.85. The minimum atomic E-state index is 0.367. The number of unbranched alkanes of at least 4 members (excludes halogenated alkanes) is 28. The first kappa shape index (κ1) is 45.8. The zero-order valence-electron chi connectivity index (χ0n) is 32.1. The predicted octanol–water partition coefficient (Wildman–Crippen LogP) is 12.1. The van der Waals surface area contributed by atoms with Crippen molar-refractivity contribution in [3.05, 3.63) is 0 Å². The molecule has 4 nitrogen and oxygen atoms in total. The van der Waals surface area contributed by atoms with Gasteiger partial charge in [0.1, 0.15) is 0 Å². The van der Waals surface area contributed by atoms with Crippen molar-refractivity contribution in [2.75, 3.05) is 52.5 Å². The maximum atomic E-state index is 8.85. The summed E-state index contributed by atoms with van der Waals surface area (Å²) in [6.45, 7) is 13.2. The molecule has 0 aromatic heterocycles. The fraction of sp³-hybridized carbons (Fsp3) is 1.00. The minimum Gasteiger partial charge on any atom is -0.396 e. The molecular formula is C42H88N2O2. The second-order valence-corrected chi connectivity index (χ2v) is 14.7. The van der Waals surface area contributed by atoms with Gasteiger partial charge in [-0.1, -0.05) is 181 Å². The molecule has 0 aliphatic heterocycles. The molecule has 46 heavy (non-hydrogen) atoms. The molecule has 0 fully saturated rings. The number of hydrogen-bond donors (Lipinski definition) is 2. The number of nitrogens with zero attached hydrogens (tertiary/aromatic N) is 2. The summed E-state index contributed by atoms with van der Waals surface area (Å²) in [6, 6.07) is 0. The molecule has 0 atom stereocenters. The Hall–Kier alpha value is -0.160. The van der Waals surface area contributed by atoms with Crippen molar-refractivity contribution in [1.82, 2.24) is 9.80 Å². The zero-order valence-corrected chi connectivity index (χ0v) is 32.1. The fourth-order valence-electron chi connectivity index (χ4n) is 6.85. The average Bonchev–Trinajstić information content (AvgIpc) is 3.07. The van der Waals surface area contributed by atoms with E-state index in [2.05, 4.69) is 23.6 Å². The van der Waals surface area contributed by atoms with E-state index < -0.39 is 0 Å². The summed E-state index contributed by atoms with van der Waals surface area (Å²) in [5.74, 6) is 0. The summed E-state index contributed by atoms with van der Waals surface area (Å²) < 4.78 is 0. The molecule has 0 saturated carbocycles. The van der Waals surface area contributed by atoms with Gasteiger partial charge in [-0.3, -0.25) is 0 Å². The molecule has 0 saturated heterocycles. The van der Waals surface area contributed by atoms with Gasteiger partial charge in [0.05, 0.1) is 0 Å². The lowest BCUT2D eigenvalue weighted by atomic mass is 10.0. The third-order valence-electron chi connectivity index (χ3n) is 10.2. The van der Waals surface area contributed by atoms with Gasteiger partial charge in [-0.2, -0.15) is 0 Å². The summed E-state index contributed by atoms with van der Waals surface area (Å²) in [7, 11) is 0. The second-order valence-electron chi connectivity index (χ2n) is 14.7. The van der Waals surface area contributed by atoms with E-state index >= 15 is 0 Å². The molecule has 0 bridgehead atoms. The summed E-state index contributed by atoms with van der Waals surface area (Å²) in [5, 5.41) is 17.7. The Morgan fingerprint density at radius 2 is 0.435 bits per heavy atom. The van der Waals surface area contributed by atoms with Crippen molar-refractivity contribution in [1.29, 1.82) is 0 Å². The zero-order chi connectivity index (χ0) is 33.4. The highest BCUT2D eigenvalue weighted by Crippen LogP contribution is 2.15. The van der Waals surface area contributed by atoms with Crippen LogP contribution in [0.2, 0.25) is 0 Å². The first-order valence-corrected chi connectivity index (χ1v) is 21.4. The summed E-state index contributed by atoms with van der Waals surface area (Å²) in [6.07, 6.45) is 43.5. The summed E-state index contributed by atoms with van der Waals surface area (Å²) >= 11 is 0. The van der Waals surface area contributed by atoms with Gasteiger partial charge < -0.3 is 20.0 Å². The molecule has 0 aliphatic rings. The van der Waals surface area contributed by atoms with Gasteiger partial charge in [0.25, 0.3) is 0 Å². The summed E-state index contributed by atoms with van der Waals surface area (Å²) in [5.41, 5.74) is 0. The number of rotatable bonds is 41. The van der Waals surface area contributed by atoms with E-state index in [1.165, 1.54) is 232 Å². The molecule has 0 unspecified atom stereocenters. The molecule has 0 spiro atoms. The van der Waals surface area contributed by atoms with Crippen LogP contribution in [0.15, 0.2) is 0 Å². The molecule has 0 amide bonds. The molecule has 0 aromatic carbocycles. The highest BCUT2D eigenvalue weighted by molar-refractivity contribution is 4.65. The highest BCUT2D eigenvalue weighted by Gasteiger charge is 2.09. The maximum Gasteiger partial charge on any atom is 0.0431 e. The van der Waals surface area contributed by atoms with Crippen LogP contribution in [0.3, 0.4) is 0 Å². The van der Waals surface area contributed by atoms with Crippen molar-refractivity contribution in [3.8, 4) is 0 Å². The van der Waals surface area contributed by atoms with Gasteiger partial charge in [-0.15, -0.1) is 0 Å². The van der Waals surface area contributed by atoms with Crippen LogP contribution in [0.5, 0.6) is 0 Å². The van der Waals surface area contributed by atoms with Crippen LogP contribution in [0, 0.1) is 0 Å². The van der Waals surface area contributed by atoms with E-state index in [4.69, 9.17) is 10.2 Å². The van der Waals surface area contributed by atoms with Crippen LogP contribution < -0.4 is 0 Å². The van der Waals surface area contributed by atoms with Gasteiger partial charge in [-0.25, -0.2) is 0 Å². The van der Waals surface area contributed by atoms with Crippen LogP contribution in [-0.4, -0.2) is 72.5 Å². The average molecular weight is 653 g/mol. The van der Waals surface area contributed by atoms with E-state index in [9.17, 15) is 0 Å². The topological polar surface area (TPSA) is 46.9 Å². The van der Waals surface area contributed by atoms with Gasteiger partial charge in [0, 0.05) is 26.3 Å². The van der Waals surface area contributed by atoms with Crippen molar-refractivity contribution in [2.24, 2.45) is 0 Å². The number of aliphatic hydroxyl groups excluding tert-OH is 2. The standard InChI is InChI=1S/C42H88N2O2/c1-3-5-35-43(37-31-27-23-19-15-11-7-9-13-17-21-25-29-33-41-45)39-40-44(36-6-4-2)38-32-28-24-20-16-12-8-10-14-18-22-26-30-34-42-46/h45-46H,3-42H2,1-2H3. The van der Waals surface area contributed by atoms with Gasteiger partial charge in [0.15, 0.2) is 0 Å². The Labute approximate surface area is 291 Å². The van der Waals surface area contributed by atoms with Crippen LogP contribution in [0.1, 0.15) is 219 Å². The first-order valence-electron chi connectivity index (χ1n) is 21.4. The quantitative estimate of drug-likeness (QED) is 0.0645. The summed E-state index contributed by atoms with van der Waals surface area (Å²) in [4.78, 5) is 5.59. The lowest BCUT2D eigenvalue weighted by Gasteiger charge is -2.28. The maximum absolute atomic E-state index is 8.85. The van der Waals surface area contributed by atoms with E-state index in [-0.39, 0.29) is 0 Å². The van der Waals surface area contributed by atoms with Crippen molar-refractivity contribution in [2.45, 2.75) is 219 Å². The molecule has 0 aromatic rings. The van der Waals surface area contributed by atoms with Gasteiger partial charge in [0.2, 0.25) is 0 Å². The van der Waals surface area contributed by atoms with E-state index in [0.717, 1.165) is 12.8 Å².